The third kappa shape index (κ3) is 3.59. The average molecular weight is 257 g/mol. The number of aliphatic hydroxyl groups is 1. The molecule has 1 fully saturated rings. The number of amides is 1. The Kier molecular flexibility index (Phi) is 4.59. The number of aliphatic hydroxyl groups excluding tert-OH is 1. The minimum Gasteiger partial charge on any atom is -0.395 e. The van der Waals surface area contributed by atoms with Gasteiger partial charge < -0.3 is 10.4 Å². The fourth-order valence-corrected chi connectivity index (χ4v) is 1.96. The molecular formula is C16H19NO2. The average Bonchev–Trinajstić information content (AvgIpc) is 2.31. The third-order valence-corrected chi connectivity index (χ3v) is 3.44. The summed E-state index contributed by atoms with van der Waals surface area (Å²) < 4.78 is 0. The molecule has 1 aliphatic rings. The Morgan fingerprint density at radius 2 is 2.26 bits per heavy atom. The smallest absolute Gasteiger partial charge is 0.227 e. The summed E-state index contributed by atoms with van der Waals surface area (Å²) in [6, 6.07) is 5.79. The molecule has 1 aromatic carbocycles. The van der Waals surface area contributed by atoms with E-state index in [4.69, 9.17) is 5.11 Å². The van der Waals surface area contributed by atoms with Gasteiger partial charge in [-0.25, -0.2) is 0 Å². The molecule has 0 aromatic heterocycles. The predicted molar refractivity (Wildman–Crippen MR) is 75.7 cm³/mol. The van der Waals surface area contributed by atoms with Crippen molar-refractivity contribution < 1.29 is 9.90 Å². The molecule has 2 N–H and O–H groups in total. The molecule has 0 radical (unpaired) electrons. The van der Waals surface area contributed by atoms with Crippen LogP contribution >= 0.6 is 0 Å². The Balaban J connectivity index is 2.08. The minimum atomic E-state index is 0.0735. The van der Waals surface area contributed by atoms with Crippen LogP contribution in [-0.2, 0) is 4.79 Å². The van der Waals surface area contributed by atoms with E-state index in [0.29, 0.717) is 6.42 Å². The van der Waals surface area contributed by atoms with Crippen molar-refractivity contribution in [2.75, 3.05) is 11.9 Å². The van der Waals surface area contributed by atoms with Gasteiger partial charge in [0.25, 0.3) is 0 Å². The number of hydrogen-bond donors (Lipinski definition) is 2. The van der Waals surface area contributed by atoms with E-state index in [-0.39, 0.29) is 18.4 Å². The Bertz CT molecular complexity index is 521. The summed E-state index contributed by atoms with van der Waals surface area (Å²) in [5, 5.41) is 11.7. The lowest BCUT2D eigenvalue weighted by Crippen LogP contribution is -2.28. The monoisotopic (exact) mass is 257 g/mol. The number of nitrogens with one attached hydrogen (secondary N) is 1. The maximum atomic E-state index is 11.9. The second-order valence-electron chi connectivity index (χ2n) is 4.92. The topological polar surface area (TPSA) is 49.3 Å². The van der Waals surface area contributed by atoms with Crippen LogP contribution in [0.25, 0.3) is 0 Å². The van der Waals surface area contributed by atoms with Crippen molar-refractivity contribution >= 4 is 11.6 Å². The molecule has 1 aromatic rings. The number of rotatable bonds is 3. The van der Waals surface area contributed by atoms with E-state index in [1.807, 2.05) is 25.1 Å². The van der Waals surface area contributed by atoms with Crippen LogP contribution in [-0.4, -0.2) is 17.6 Å². The van der Waals surface area contributed by atoms with E-state index in [2.05, 4.69) is 17.2 Å². The van der Waals surface area contributed by atoms with Gasteiger partial charge in [0.05, 0.1) is 6.61 Å². The molecule has 0 unspecified atom stereocenters. The van der Waals surface area contributed by atoms with Gasteiger partial charge in [-0.3, -0.25) is 4.79 Å². The van der Waals surface area contributed by atoms with Crippen molar-refractivity contribution in [3.05, 3.63) is 29.3 Å². The summed E-state index contributed by atoms with van der Waals surface area (Å²) in [6.45, 7) is 2.05. The third-order valence-electron chi connectivity index (χ3n) is 3.44. The van der Waals surface area contributed by atoms with Crippen LogP contribution < -0.4 is 5.32 Å². The van der Waals surface area contributed by atoms with Gasteiger partial charge in [0.15, 0.2) is 0 Å². The van der Waals surface area contributed by atoms with Gasteiger partial charge in [-0.2, -0.15) is 0 Å². The van der Waals surface area contributed by atoms with E-state index in [1.165, 1.54) is 0 Å². The highest BCUT2D eigenvalue weighted by Crippen LogP contribution is 2.28. The Labute approximate surface area is 114 Å². The highest BCUT2D eigenvalue weighted by atomic mass is 16.2. The number of anilines is 1. The molecule has 0 spiro atoms. The first-order valence-corrected chi connectivity index (χ1v) is 6.72. The lowest BCUT2D eigenvalue weighted by atomic mass is 9.85. The molecule has 3 nitrogen and oxygen atoms in total. The van der Waals surface area contributed by atoms with Crippen molar-refractivity contribution in [3.8, 4) is 11.8 Å². The number of hydrogen-bond acceptors (Lipinski definition) is 2. The van der Waals surface area contributed by atoms with Crippen LogP contribution in [0.3, 0.4) is 0 Å². The van der Waals surface area contributed by atoms with Gasteiger partial charge in [0, 0.05) is 23.6 Å². The zero-order chi connectivity index (χ0) is 13.7. The summed E-state index contributed by atoms with van der Waals surface area (Å²) in [4.78, 5) is 11.9. The first kappa shape index (κ1) is 13.6. The summed E-state index contributed by atoms with van der Waals surface area (Å²) in [6.07, 6.45) is 3.63. The summed E-state index contributed by atoms with van der Waals surface area (Å²) in [5.74, 6) is 6.17. The highest BCUT2D eigenvalue weighted by molar-refractivity contribution is 5.93. The van der Waals surface area contributed by atoms with Gasteiger partial charge in [-0.1, -0.05) is 24.3 Å². The summed E-state index contributed by atoms with van der Waals surface area (Å²) in [7, 11) is 0. The molecule has 0 bridgehead atoms. The minimum absolute atomic E-state index is 0.0735. The van der Waals surface area contributed by atoms with E-state index < -0.39 is 0 Å². The van der Waals surface area contributed by atoms with Gasteiger partial charge in [-0.15, -0.1) is 0 Å². The van der Waals surface area contributed by atoms with Crippen LogP contribution in [0.1, 0.15) is 36.8 Å². The van der Waals surface area contributed by atoms with E-state index >= 15 is 0 Å². The van der Waals surface area contributed by atoms with Crippen LogP contribution in [0.2, 0.25) is 0 Å². The maximum Gasteiger partial charge on any atom is 0.227 e. The second-order valence-corrected chi connectivity index (χ2v) is 4.92. The van der Waals surface area contributed by atoms with Gasteiger partial charge in [0.2, 0.25) is 5.91 Å². The maximum absolute atomic E-state index is 11.9. The number of carbonyl (C=O) groups is 1. The Morgan fingerprint density at radius 3 is 2.89 bits per heavy atom. The van der Waals surface area contributed by atoms with Gasteiger partial charge in [0.1, 0.15) is 0 Å². The fraction of sp³-hybridized carbons (Fsp3) is 0.438. The molecular weight excluding hydrogens is 238 g/mol. The molecule has 0 heterocycles. The molecule has 1 saturated carbocycles. The summed E-state index contributed by atoms with van der Waals surface area (Å²) in [5.41, 5.74) is 2.75. The highest BCUT2D eigenvalue weighted by Gasteiger charge is 2.25. The first-order valence-electron chi connectivity index (χ1n) is 6.72. The molecule has 0 aliphatic heterocycles. The lowest BCUT2D eigenvalue weighted by Gasteiger charge is -2.24. The molecule has 19 heavy (non-hydrogen) atoms. The van der Waals surface area contributed by atoms with Crippen LogP contribution in [0.5, 0.6) is 0 Å². The predicted octanol–water partition coefficient (Wildman–Crippen LogP) is 2.47. The van der Waals surface area contributed by atoms with Crippen LogP contribution in [0.4, 0.5) is 5.69 Å². The van der Waals surface area contributed by atoms with Gasteiger partial charge in [-0.05, 0) is 37.5 Å². The standard InChI is InChI=1S/C16H19NO2/c1-12-8-9-13(5-2-3-10-18)11-15(12)17-16(19)14-6-4-7-14/h8-9,11,14,18H,3-4,6-7,10H2,1H3,(H,17,19). The van der Waals surface area contributed by atoms with Crippen molar-refractivity contribution in [2.24, 2.45) is 5.92 Å². The second kappa shape index (κ2) is 6.40. The molecule has 2 rings (SSSR count). The zero-order valence-electron chi connectivity index (χ0n) is 11.2. The first-order chi connectivity index (χ1) is 9.20. The van der Waals surface area contributed by atoms with Crippen molar-refractivity contribution in [1.82, 2.24) is 0 Å². The molecule has 1 aliphatic carbocycles. The molecule has 0 atom stereocenters. The van der Waals surface area contributed by atoms with E-state index in [1.54, 1.807) is 0 Å². The van der Waals surface area contributed by atoms with Crippen LogP contribution in [0.15, 0.2) is 18.2 Å². The van der Waals surface area contributed by atoms with Crippen molar-refractivity contribution in [3.63, 3.8) is 0 Å². The number of carbonyl (C=O) groups excluding carboxylic acids is 1. The van der Waals surface area contributed by atoms with E-state index in [9.17, 15) is 4.79 Å². The normalized spacial score (nSPS) is 14.2. The number of benzene rings is 1. The number of aryl methyl sites for hydroxylation is 1. The molecule has 1 amide bonds. The fourth-order valence-electron chi connectivity index (χ4n) is 1.96. The quantitative estimate of drug-likeness (QED) is 0.817. The molecule has 0 saturated heterocycles. The Hall–Kier alpha value is -1.79. The molecule has 3 heteroatoms. The summed E-state index contributed by atoms with van der Waals surface area (Å²) >= 11 is 0. The Morgan fingerprint density at radius 1 is 1.47 bits per heavy atom. The van der Waals surface area contributed by atoms with Crippen molar-refractivity contribution in [1.29, 1.82) is 0 Å². The SMILES string of the molecule is Cc1ccc(C#CCCO)cc1NC(=O)C1CCC1. The molecule has 100 valence electrons. The van der Waals surface area contributed by atoms with Crippen molar-refractivity contribution in [2.45, 2.75) is 32.6 Å². The van der Waals surface area contributed by atoms with Crippen LogP contribution in [0, 0.1) is 24.7 Å². The van der Waals surface area contributed by atoms with E-state index in [0.717, 1.165) is 36.1 Å². The zero-order valence-corrected chi connectivity index (χ0v) is 11.2. The lowest BCUT2D eigenvalue weighted by molar-refractivity contribution is -0.122. The largest absolute Gasteiger partial charge is 0.395 e. The van der Waals surface area contributed by atoms with Gasteiger partial charge >= 0.3 is 0 Å².